The third kappa shape index (κ3) is 3.96. The van der Waals surface area contributed by atoms with Crippen LogP contribution in [-0.4, -0.2) is 29.7 Å². The van der Waals surface area contributed by atoms with Crippen LogP contribution in [0.3, 0.4) is 0 Å². The lowest BCUT2D eigenvalue weighted by Crippen LogP contribution is -2.30. The van der Waals surface area contributed by atoms with Gasteiger partial charge in [0.2, 0.25) is 5.95 Å². The van der Waals surface area contributed by atoms with E-state index in [0.717, 1.165) is 22.3 Å². The summed E-state index contributed by atoms with van der Waals surface area (Å²) < 4.78 is 12.7. The average Bonchev–Trinajstić information content (AvgIpc) is 3.23. The highest BCUT2D eigenvalue weighted by molar-refractivity contribution is 6.32. The van der Waals surface area contributed by atoms with Crippen molar-refractivity contribution in [3.8, 4) is 11.5 Å². The summed E-state index contributed by atoms with van der Waals surface area (Å²) >= 11 is 12.8. The molecule has 5 rings (SSSR count). The Morgan fingerprint density at radius 1 is 1.00 bits per heavy atom. The smallest absolute Gasteiger partial charge is 0.255 e. The Bertz CT molecular complexity index is 1500. The molecule has 2 heterocycles. The Morgan fingerprint density at radius 3 is 2.46 bits per heavy atom. The minimum absolute atomic E-state index is 0.328. The van der Waals surface area contributed by atoms with Gasteiger partial charge in [0.25, 0.3) is 5.91 Å². The molecule has 0 unspecified atom stereocenters. The predicted octanol–water partition coefficient (Wildman–Crippen LogP) is 6.40. The molecule has 1 aliphatic rings. The Kier molecular flexibility index (Phi) is 6.05. The summed E-state index contributed by atoms with van der Waals surface area (Å²) in [5.41, 5.74) is 4.12. The number of para-hydroxylation sites is 2. The Balaban J connectivity index is 1.67. The van der Waals surface area contributed by atoms with Crippen molar-refractivity contribution in [2.45, 2.75) is 13.0 Å². The molecule has 1 amide bonds. The standard InChI is InChI=1S/C26H22Cl2N4O3/c1-14-23(25(33)29-19-13-21(34-2)17(28)12-22(19)35-3)24(15-8-4-5-9-16(15)27)31-26-30-18-10-6-7-11-20(18)32(14)26/h4-13,24H,1-3H3,(H,29,33)(H,30,31)/t24-/m0/s1. The number of hydrogen-bond acceptors (Lipinski definition) is 5. The van der Waals surface area contributed by atoms with E-state index in [9.17, 15) is 4.79 Å². The molecule has 0 saturated carbocycles. The first-order valence-corrected chi connectivity index (χ1v) is 11.6. The van der Waals surface area contributed by atoms with Crippen LogP contribution in [0.25, 0.3) is 16.7 Å². The first-order valence-electron chi connectivity index (χ1n) is 10.9. The van der Waals surface area contributed by atoms with Gasteiger partial charge in [0.15, 0.2) is 0 Å². The van der Waals surface area contributed by atoms with Gasteiger partial charge >= 0.3 is 0 Å². The van der Waals surface area contributed by atoms with E-state index in [4.69, 9.17) is 37.7 Å². The van der Waals surface area contributed by atoms with Crippen LogP contribution < -0.4 is 20.1 Å². The number of aromatic nitrogens is 2. The number of imidazole rings is 1. The van der Waals surface area contributed by atoms with Crippen molar-refractivity contribution in [3.63, 3.8) is 0 Å². The van der Waals surface area contributed by atoms with E-state index in [1.54, 1.807) is 18.2 Å². The van der Waals surface area contributed by atoms with Gasteiger partial charge in [0.05, 0.1) is 47.6 Å². The fraction of sp³-hybridized carbons (Fsp3) is 0.154. The van der Waals surface area contributed by atoms with Gasteiger partial charge in [-0.2, -0.15) is 0 Å². The van der Waals surface area contributed by atoms with Crippen molar-refractivity contribution >= 4 is 57.5 Å². The molecule has 0 spiro atoms. The minimum atomic E-state index is -0.534. The number of ether oxygens (including phenoxy) is 2. The number of nitrogens with one attached hydrogen (secondary N) is 2. The van der Waals surface area contributed by atoms with Crippen LogP contribution in [0.5, 0.6) is 11.5 Å². The van der Waals surface area contributed by atoms with Crippen molar-refractivity contribution in [1.29, 1.82) is 0 Å². The third-order valence-corrected chi connectivity index (χ3v) is 6.67. The second kappa shape index (κ2) is 9.17. The van der Waals surface area contributed by atoms with Crippen LogP contribution in [0.15, 0.2) is 66.2 Å². The van der Waals surface area contributed by atoms with Crippen molar-refractivity contribution in [1.82, 2.24) is 9.55 Å². The van der Waals surface area contributed by atoms with Crippen molar-refractivity contribution in [2.24, 2.45) is 0 Å². The van der Waals surface area contributed by atoms with Gasteiger partial charge in [-0.05, 0) is 30.7 Å². The molecule has 0 aliphatic carbocycles. The summed E-state index contributed by atoms with van der Waals surface area (Å²) in [6, 6.07) is 17.9. The first kappa shape index (κ1) is 23.1. The van der Waals surface area contributed by atoms with Crippen molar-refractivity contribution in [3.05, 3.63) is 81.8 Å². The number of nitrogens with zero attached hydrogens (tertiary/aromatic N) is 2. The van der Waals surface area contributed by atoms with E-state index in [2.05, 4.69) is 10.6 Å². The van der Waals surface area contributed by atoms with Crippen LogP contribution >= 0.6 is 23.2 Å². The number of halogens is 2. The summed E-state index contributed by atoms with van der Waals surface area (Å²) in [4.78, 5) is 18.6. The normalized spacial score (nSPS) is 14.9. The number of anilines is 2. The van der Waals surface area contributed by atoms with Crippen LogP contribution in [0.2, 0.25) is 10.0 Å². The fourth-order valence-corrected chi connectivity index (χ4v) is 4.85. The molecule has 4 aromatic rings. The zero-order valence-corrected chi connectivity index (χ0v) is 20.7. The monoisotopic (exact) mass is 508 g/mol. The van der Waals surface area contributed by atoms with Crippen molar-refractivity contribution in [2.75, 3.05) is 24.9 Å². The van der Waals surface area contributed by atoms with Gasteiger partial charge < -0.3 is 20.1 Å². The highest BCUT2D eigenvalue weighted by atomic mass is 35.5. The fourth-order valence-electron chi connectivity index (χ4n) is 4.38. The molecule has 0 fully saturated rings. The molecular formula is C26H22Cl2N4O3. The maximum absolute atomic E-state index is 13.9. The number of methoxy groups -OCH3 is 2. The zero-order valence-electron chi connectivity index (χ0n) is 19.2. The van der Waals surface area contributed by atoms with Gasteiger partial charge in [-0.1, -0.05) is 53.5 Å². The summed E-state index contributed by atoms with van der Waals surface area (Å²) in [7, 11) is 3.02. The molecule has 7 nitrogen and oxygen atoms in total. The van der Waals surface area contributed by atoms with Crippen LogP contribution in [0.1, 0.15) is 18.5 Å². The van der Waals surface area contributed by atoms with Crippen LogP contribution in [0, 0.1) is 0 Å². The summed E-state index contributed by atoms with van der Waals surface area (Å²) in [6.45, 7) is 1.90. The number of carbonyl (C=O) groups is 1. The molecule has 3 aromatic carbocycles. The average molecular weight is 509 g/mol. The largest absolute Gasteiger partial charge is 0.495 e. The van der Waals surface area contributed by atoms with Crippen LogP contribution in [0.4, 0.5) is 11.6 Å². The second-order valence-corrected chi connectivity index (χ2v) is 8.81. The summed E-state index contributed by atoms with van der Waals surface area (Å²) in [5.74, 6) is 1.14. The summed E-state index contributed by atoms with van der Waals surface area (Å²) in [5, 5.41) is 7.31. The Labute approximate surface area is 212 Å². The Hall–Kier alpha value is -3.68. The topological polar surface area (TPSA) is 77.4 Å². The quantitative estimate of drug-likeness (QED) is 0.326. The number of fused-ring (bicyclic) bond motifs is 3. The molecule has 1 atom stereocenters. The maximum atomic E-state index is 13.9. The van der Waals surface area contributed by atoms with Gasteiger partial charge in [-0.25, -0.2) is 4.98 Å². The summed E-state index contributed by atoms with van der Waals surface area (Å²) in [6.07, 6.45) is 0. The van der Waals surface area contributed by atoms with E-state index in [1.165, 1.54) is 14.2 Å². The molecular weight excluding hydrogens is 487 g/mol. The van der Waals surface area contributed by atoms with Gasteiger partial charge in [0, 0.05) is 22.9 Å². The Morgan fingerprint density at radius 2 is 1.71 bits per heavy atom. The van der Waals surface area contributed by atoms with E-state index in [1.807, 2.05) is 54.0 Å². The zero-order chi connectivity index (χ0) is 24.7. The van der Waals surface area contributed by atoms with E-state index in [-0.39, 0.29) is 5.91 Å². The molecule has 2 N–H and O–H groups in total. The van der Waals surface area contributed by atoms with E-state index >= 15 is 0 Å². The molecule has 178 valence electrons. The highest BCUT2D eigenvalue weighted by Crippen LogP contribution is 2.42. The maximum Gasteiger partial charge on any atom is 0.255 e. The molecule has 0 saturated heterocycles. The highest BCUT2D eigenvalue weighted by Gasteiger charge is 2.34. The lowest BCUT2D eigenvalue weighted by Gasteiger charge is -2.30. The molecule has 0 radical (unpaired) electrons. The van der Waals surface area contributed by atoms with E-state index in [0.29, 0.717) is 38.8 Å². The van der Waals surface area contributed by atoms with E-state index < -0.39 is 6.04 Å². The van der Waals surface area contributed by atoms with Gasteiger partial charge in [-0.15, -0.1) is 0 Å². The van der Waals surface area contributed by atoms with Gasteiger partial charge in [-0.3, -0.25) is 9.36 Å². The SMILES string of the molecule is COc1cc(NC(=O)C2=C(C)n3c(nc4ccccc43)N[C@H]2c2ccccc2Cl)c(OC)cc1Cl. The third-order valence-electron chi connectivity index (χ3n) is 6.03. The molecule has 35 heavy (non-hydrogen) atoms. The molecule has 1 aliphatic heterocycles. The minimum Gasteiger partial charge on any atom is -0.495 e. The number of carbonyl (C=O) groups excluding carboxylic acids is 1. The number of amides is 1. The number of benzene rings is 3. The lowest BCUT2D eigenvalue weighted by atomic mass is 9.94. The lowest BCUT2D eigenvalue weighted by molar-refractivity contribution is -0.113. The number of hydrogen-bond donors (Lipinski definition) is 2. The van der Waals surface area contributed by atoms with Crippen LogP contribution in [-0.2, 0) is 4.79 Å². The van der Waals surface area contributed by atoms with Gasteiger partial charge in [0.1, 0.15) is 11.5 Å². The first-order chi connectivity index (χ1) is 16.9. The van der Waals surface area contributed by atoms with Crippen molar-refractivity contribution < 1.29 is 14.3 Å². The molecule has 1 aromatic heterocycles. The molecule has 9 heteroatoms. The number of rotatable bonds is 5. The molecule has 0 bridgehead atoms. The number of allylic oxidation sites excluding steroid dienone is 1. The second-order valence-electron chi connectivity index (χ2n) is 8.00. The predicted molar refractivity (Wildman–Crippen MR) is 140 cm³/mol.